The zero-order valence-electron chi connectivity index (χ0n) is 17.1. The second-order valence-corrected chi connectivity index (χ2v) is 7.46. The summed E-state index contributed by atoms with van der Waals surface area (Å²) in [7, 11) is 1.61. The fourth-order valence-corrected chi connectivity index (χ4v) is 3.59. The predicted octanol–water partition coefficient (Wildman–Crippen LogP) is 3.57. The Labute approximate surface area is 184 Å². The summed E-state index contributed by atoms with van der Waals surface area (Å²) in [6, 6.07) is 13.2. The van der Waals surface area contributed by atoms with E-state index in [1.807, 2.05) is 25.1 Å². The van der Waals surface area contributed by atoms with Crippen LogP contribution in [0.4, 0.5) is 5.82 Å². The fourth-order valence-electron chi connectivity index (χ4n) is 2.68. The monoisotopic (exact) mass is 432 g/mol. The minimum Gasteiger partial charge on any atom is -0.489 e. The third-order valence-electron chi connectivity index (χ3n) is 4.38. The molecule has 0 unspecified atom stereocenters. The molecule has 0 aliphatic carbocycles. The van der Waals surface area contributed by atoms with Crippen molar-refractivity contribution in [2.45, 2.75) is 23.8 Å². The number of anilines is 1. The molecule has 0 aromatic carbocycles. The minimum absolute atomic E-state index is 0.0519. The van der Waals surface area contributed by atoms with Crippen LogP contribution >= 0.6 is 11.8 Å². The highest BCUT2D eigenvalue weighted by Gasteiger charge is 2.21. The predicted molar refractivity (Wildman–Crippen MR) is 117 cm³/mol. The number of hydrogen-bond donors (Lipinski definition) is 1. The molecular weight excluding hydrogens is 412 g/mol. The molecule has 0 amide bonds. The standard InChI is InChI=1S/C22H20N6O2S/c1-14(29-2)12-30-16-6-7-19(27-11-16)20-17(9-23)21(25)28-22(18(20)10-24)31-13-15-5-3-4-8-26-15/h3-8,11,14H,12-13H2,1-2H3,(H2,25,28)/t14-/m0/s1. The molecule has 0 fully saturated rings. The maximum Gasteiger partial charge on any atom is 0.143 e. The average molecular weight is 433 g/mol. The van der Waals surface area contributed by atoms with E-state index >= 15 is 0 Å². The molecule has 31 heavy (non-hydrogen) atoms. The molecule has 1 atom stereocenters. The molecule has 0 spiro atoms. The van der Waals surface area contributed by atoms with Gasteiger partial charge in [0.25, 0.3) is 0 Å². The number of thioether (sulfide) groups is 1. The Morgan fingerprint density at radius 2 is 1.94 bits per heavy atom. The zero-order valence-corrected chi connectivity index (χ0v) is 17.9. The molecule has 3 aromatic rings. The third-order valence-corrected chi connectivity index (χ3v) is 5.39. The van der Waals surface area contributed by atoms with Gasteiger partial charge in [-0.25, -0.2) is 4.98 Å². The summed E-state index contributed by atoms with van der Waals surface area (Å²) >= 11 is 1.33. The number of nitrogens with two attached hydrogens (primary N) is 1. The SMILES string of the molecule is CO[C@@H](C)COc1ccc(-c2c(C#N)c(N)nc(SCc3ccccn3)c2C#N)nc1. The van der Waals surface area contributed by atoms with Gasteiger partial charge >= 0.3 is 0 Å². The van der Waals surface area contributed by atoms with Crippen molar-refractivity contribution in [2.75, 3.05) is 19.5 Å². The second kappa shape index (κ2) is 10.4. The maximum atomic E-state index is 9.86. The van der Waals surface area contributed by atoms with Gasteiger partial charge in [-0.05, 0) is 31.2 Å². The van der Waals surface area contributed by atoms with Gasteiger partial charge in [0.2, 0.25) is 0 Å². The molecule has 0 aliphatic heterocycles. The van der Waals surface area contributed by atoms with Crippen LogP contribution in [0.1, 0.15) is 23.7 Å². The van der Waals surface area contributed by atoms with E-state index < -0.39 is 0 Å². The zero-order chi connectivity index (χ0) is 22.2. The van der Waals surface area contributed by atoms with Crippen LogP contribution in [0, 0.1) is 22.7 Å². The molecule has 0 saturated carbocycles. The molecule has 0 aliphatic rings. The Kier molecular flexibility index (Phi) is 7.39. The third kappa shape index (κ3) is 5.28. The lowest BCUT2D eigenvalue weighted by atomic mass is 10.0. The lowest BCUT2D eigenvalue weighted by molar-refractivity contribution is 0.0715. The highest BCUT2D eigenvalue weighted by Crippen LogP contribution is 2.36. The molecule has 0 bridgehead atoms. The van der Waals surface area contributed by atoms with E-state index in [0.717, 1.165) is 5.69 Å². The van der Waals surface area contributed by atoms with Crippen molar-refractivity contribution in [3.8, 4) is 29.1 Å². The number of pyridine rings is 3. The van der Waals surface area contributed by atoms with E-state index in [4.69, 9.17) is 15.2 Å². The van der Waals surface area contributed by atoms with Crippen LogP contribution in [0.3, 0.4) is 0 Å². The first-order valence-electron chi connectivity index (χ1n) is 9.35. The summed E-state index contributed by atoms with van der Waals surface area (Å²) in [6.45, 7) is 2.27. The summed E-state index contributed by atoms with van der Waals surface area (Å²) in [5, 5.41) is 19.9. The molecule has 2 N–H and O–H groups in total. The van der Waals surface area contributed by atoms with Crippen molar-refractivity contribution in [1.29, 1.82) is 10.5 Å². The molecule has 3 heterocycles. The Morgan fingerprint density at radius 3 is 2.55 bits per heavy atom. The van der Waals surface area contributed by atoms with Gasteiger partial charge in [0, 0.05) is 24.6 Å². The number of aromatic nitrogens is 3. The van der Waals surface area contributed by atoms with Crippen LogP contribution in [0.25, 0.3) is 11.3 Å². The number of ether oxygens (including phenoxy) is 2. The van der Waals surface area contributed by atoms with Gasteiger partial charge in [-0.1, -0.05) is 17.8 Å². The number of nitrogen functional groups attached to an aromatic ring is 1. The molecule has 0 saturated heterocycles. The summed E-state index contributed by atoms with van der Waals surface area (Å²) in [5.41, 5.74) is 8.06. The van der Waals surface area contributed by atoms with Gasteiger partial charge in [0.1, 0.15) is 40.9 Å². The Bertz CT molecular complexity index is 1120. The maximum absolute atomic E-state index is 9.86. The summed E-state index contributed by atoms with van der Waals surface area (Å²) in [6.07, 6.45) is 3.18. The average Bonchev–Trinajstić information content (AvgIpc) is 2.81. The Balaban J connectivity index is 1.96. The van der Waals surface area contributed by atoms with Gasteiger partial charge < -0.3 is 15.2 Å². The van der Waals surface area contributed by atoms with Crippen LogP contribution in [0.5, 0.6) is 5.75 Å². The van der Waals surface area contributed by atoms with Crippen LogP contribution in [-0.2, 0) is 10.5 Å². The van der Waals surface area contributed by atoms with Gasteiger partial charge in [-0.3, -0.25) is 9.97 Å². The van der Waals surface area contributed by atoms with Crippen LogP contribution in [0.2, 0.25) is 0 Å². The van der Waals surface area contributed by atoms with Crippen molar-refractivity contribution in [3.05, 3.63) is 59.5 Å². The van der Waals surface area contributed by atoms with Gasteiger partial charge in [0.15, 0.2) is 0 Å². The Hall–Kier alpha value is -3.66. The van der Waals surface area contributed by atoms with Crippen molar-refractivity contribution in [2.24, 2.45) is 0 Å². The van der Waals surface area contributed by atoms with Crippen molar-refractivity contribution in [3.63, 3.8) is 0 Å². The van der Waals surface area contributed by atoms with Crippen LogP contribution in [0.15, 0.2) is 47.8 Å². The number of nitrogens with zero attached hydrogens (tertiary/aromatic N) is 5. The van der Waals surface area contributed by atoms with Crippen LogP contribution < -0.4 is 10.5 Å². The normalized spacial score (nSPS) is 11.4. The Morgan fingerprint density at radius 1 is 1.13 bits per heavy atom. The highest BCUT2D eigenvalue weighted by atomic mass is 32.2. The lowest BCUT2D eigenvalue weighted by Gasteiger charge is -2.14. The van der Waals surface area contributed by atoms with Crippen molar-refractivity contribution < 1.29 is 9.47 Å². The quantitative estimate of drug-likeness (QED) is 0.531. The molecule has 8 nitrogen and oxygen atoms in total. The first-order valence-corrected chi connectivity index (χ1v) is 10.3. The van der Waals surface area contributed by atoms with Crippen molar-refractivity contribution in [1.82, 2.24) is 15.0 Å². The van der Waals surface area contributed by atoms with Gasteiger partial charge in [-0.15, -0.1) is 0 Å². The largest absolute Gasteiger partial charge is 0.489 e. The summed E-state index contributed by atoms with van der Waals surface area (Å²) in [5.74, 6) is 1.11. The fraction of sp³-hybridized carbons (Fsp3) is 0.227. The minimum atomic E-state index is -0.0613. The highest BCUT2D eigenvalue weighted by molar-refractivity contribution is 7.98. The number of hydrogen-bond acceptors (Lipinski definition) is 9. The van der Waals surface area contributed by atoms with Crippen molar-refractivity contribution >= 4 is 17.6 Å². The van der Waals surface area contributed by atoms with E-state index in [2.05, 4.69) is 27.1 Å². The number of methoxy groups -OCH3 is 1. The lowest BCUT2D eigenvalue weighted by Crippen LogP contribution is -2.15. The summed E-state index contributed by atoms with van der Waals surface area (Å²) in [4.78, 5) is 13.0. The molecule has 9 heteroatoms. The molecule has 0 radical (unpaired) electrons. The van der Waals surface area contributed by atoms with Crippen LogP contribution in [-0.4, -0.2) is 34.8 Å². The van der Waals surface area contributed by atoms with E-state index in [1.165, 1.54) is 18.0 Å². The number of rotatable bonds is 8. The first-order chi connectivity index (χ1) is 15.1. The van der Waals surface area contributed by atoms with E-state index in [-0.39, 0.29) is 23.0 Å². The molecule has 3 aromatic heterocycles. The molecular formula is C22H20N6O2S. The van der Waals surface area contributed by atoms with E-state index in [9.17, 15) is 10.5 Å². The van der Waals surface area contributed by atoms with Gasteiger partial charge in [0.05, 0.1) is 29.3 Å². The number of nitriles is 2. The van der Waals surface area contributed by atoms with E-state index in [1.54, 1.807) is 25.4 Å². The first kappa shape index (κ1) is 22.0. The molecule has 156 valence electrons. The summed E-state index contributed by atoms with van der Waals surface area (Å²) < 4.78 is 10.8. The van der Waals surface area contributed by atoms with E-state index in [0.29, 0.717) is 34.4 Å². The topological polar surface area (TPSA) is 131 Å². The molecule has 3 rings (SSSR count). The van der Waals surface area contributed by atoms with Gasteiger partial charge in [-0.2, -0.15) is 10.5 Å². The second-order valence-electron chi connectivity index (χ2n) is 6.50. The smallest absolute Gasteiger partial charge is 0.143 e.